The number of hydrogen-bond acceptors (Lipinski definition) is 10. The van der Waals surface area contributed by atoms with Crippen LogP contribution >= 0.6 is 58.0 Å². The van der Waals surface area contributed by atoms with Gasteiger partial charge in [-0.25, -0.2) is 17.2 Å². The molecule has 3 fully saturated rings. The number of phenolic OH excluding ortho intramolecular Hbond substituents is 1. The molecule has 0 saturated carbocycles. The highest BCUT2D eigenvalue weighted by molar-refractivity contribution is 9.69. The molecule has 0 aromatic heterocycles. The lowest BCUT2D eigenvalue weighted by Gasteiger charge is -2.47. The molecular weight excluding hydrogens is 1170 g/mol. The van der Waals surface area contributed by atoms with E-state index in [9.17, 15) is 27.4 Å². The molecule has 10 nitrogen and oxygen atoms in total. The predicted octanol–water partition coefficient (Wildman–Crippen LogP) is 12.8. The van der Waals surface area contributed by atoms with Gasteiger partial charge in [-0.05, 0) is 136 Å². The van der Waals surface area contributed by atoms with Crippen LogP contribution in [0.25, 0.3) is 0 Å². The number of aromatic hydroxyl groups is 1. The first kappa shape index (κ1) is 61.8. The van der Waals surface area contributed by atoms with E-state index in [2.05, 4.69) is 123 Å². The van der Waals surface area contributed by atoms with Crippen molar-refractivity contribution in [2.24, 2.45) is 0 Å². The topological polar surface area (TPSA) is 112 Å². The molecule has 0 amide bonds. The van der Waals surface area contributed by atoms with Gasteiger partial charge in [-0.1, -0.05) is 92.1 Å². The van der Waals surface area contributed by atoms with E-state index in [1.165, 1.54) is 51.1 Å². The normalized spacial score (nSPS) is 26.1. The summed E-state index contributed by atoms with van der Waals surface area (Å²) >= 11 is 9.31. The van der Waals surface area contributed by atoms with Crippen LogP contribution < -0.4 is 0 Å². The Morgan fingerprint density at radius 1 is 0.603 bits per heavy atom. The highest BCUT2D eigenvalue weighted by Gasteiger charge is 2.44. The number of aliphatic hydroxyl groups excluding tert-OH is 1. The first-order chi connectivity index (χ1) is 34.3. The number of morpholine rings is 3. The molecule has 19 heteroatoms. The molecular formula is C54H73BBr3ClF3N3O7S. The predicted molar refractivity (Wildman–Crippen MR) is 299 cm³/mol. The number of hydrogen-bond donors (Lipinski definition) is 2. The second-order valence-corrected chi connectivity index (χ2v) is 28.4. The fourth-order valence-corrected chi connectivity index (χ4v) is 11.7. The van der Waals surface area contributed by atoms with Crippen molar-refractivity contribution in [3.8, 4) is 5.75 Å². The third-order valence-electron chi connectivity index (χ3n) is 14.2. The Balaban J connectivity index is 0.000000178. The highest BCUT2D eigenvalue weighted by atomic mass is 79.9. The summed E-state index contributed by atoms with van der Waals surface area (Å²) in [5.74, 6) is 0.257. The van der Waals surface area contributed by atoms with E-state index >= 15 is 0 Å². The van der Waals surface area contributed by atoms with Gasteiger partial charge < -0.3 is 24.4 Å². The Morgan fingerprint density at radius 2 is 0.959 bits per heavy atom. The number of fused-ring (bicyclic) bond motifs is 9. The summed E-state index contributed by atoms with van der Waals surface area (Å²) in [5.41, 5.74) is 11.2. The van der Waals surface area contributed by atoms with Gasteiger partial charge in [0.15, 0.2) is 12.6 Å². The summed E-state index contributed by atoms with van der Waals surface area (Å²) in [5, 5.41) is 19.8. The molecule has 0 bridgehead atoms. The molecule has 0 spiro atoms. The van der Waals surface area contributed by atoms with Crippen molar-refractivity contribution in [3.63, 3.8) is 0 Å². The maximum Gasteiger partial charge on any atom is 0.369 e. The van der Waals surface area contributed by atoms with E-state index in [0.717, 1.165) is 88.5 Å². The fraction of sp³-hybridized carbons (Fsp3) is 0.556. The molecule has 404 valence electrons. The van der Waals surface area contributed by atoms with Crippen LogP contribution in [0.15, 0.2) is 83.8 Å². The summed E-state index contributed by atoms with van der Waals surface area (Å²) in [6.45, 7) is 15.7. The Bertz CT molecular complexity index is 2270. The SMILES string of the molecule is BrB(Br)Br.CCCN1C(O)CO[C@@H]2c3cc(C)ccc3CC[C@H]21.CCCN1C([18F])CO[C@@H]2c3cc(C)ccc3CC[C@H]21.CCCN1C([18F])CO[C@@H]2c3cc(O)ccc3CC[C@H]21.Cc1ccc(S(=O)(=O)Cl)cc1.[18FH]. The van der Waals surface area contributed by atoms with Gasteiger partial charge in [0.2, 0.25) is 0 Å². The molecule has 4 aromatic carbocycles. The van der Waals surface area contributed by atoms with Crippen LogP contribution in [0.3, 0.4) is 0 Å². The quantitative estimate of drug-likeness (QED) is 0.105. The Labute approximate surface area is 461 Å². The summed E-state index contributed by atoms with van der Waals surface area (Å²) in [4.78, 5) is 6.32. The lowest BCUT2D eigenvalue weighted by Crippen LogP contribution is -2.54. The number of alkyl halides is 2. The third-order valence-corrected chi connectivity index (χ3v) is 15.6. The average molecular weight is 1250 g/mol. The van der Waals surface area contributed by atoms with Gasteiger partial charge >= 0.3 is 3.18 Å². The summed E-state index contributed by atoms with van der Waals surface area (Å²) in [7, 11) is 1.54. The number of halogens is 7. The molecule has 3 unspecified atom stereocenters. The molecule has 3 saturated heterocycles. The van der Waals surface area contributed by atoms with E-state index in [1.54, 1.807) is 24.3 Å². The van der Waals surface area contributed by atoms with E-state index in [1.807, 2.05) is 22.8 Å². The van der Waals surface area contributed by atoms with Gasteiger partial charge in [0.1, 0.15) is 12.0 Å². The summed E-state index contributed by atoms with van der Waals surface area (Å²) in [6.07, 6.45) is 6.77. The van der Waals surface area contributed by atoms with Crippen LogP contribution in [0.1, 0.15) is 128 Å². The van der Waals surface area contributed by atoms with Crippen molar-refractivity contribution in [2.45, 2.75) is 159 Å². The zero-order valence-electron chi connectivity index (χ0n) is 42.7. The van der Waals surface area contributed by atoms with Crippen LogP contribution in [-0.2, 0) is 42.5 Å². The summed E-state index contributed by atoms with van der Waals surface area (Å²) < 4.78 is 67.3. The van der Waals surface area contributed by atoms with E-state index in [-0.39, 0.29) is 62.1 Å². The second kappa shape index (κ2) is 29.1. The van der Waals surface area contributed by atoms with Crippen LogP contribution in [0.4, 0.5) is 13.5 Å². The Morgan fingerprint density at radius 3 is 1.37 bits per heavy atom. The lowest BCUT2D eigenvalue weighted by molar-refractivity contribution is -0.177. The molecule has 9 atom stereocenters. The molecule has 3 aliphatic heterocycles. The van der Waals surface area contributed by atoms with E-state index < -0.39 is 27.9 Å². The molecule has 0 radical (unpaired) electrons. The highest BCUT2D eigenvalue weighted by Crippen LogP contribution is 2.43. The standard InChI is InChI=1S/C16H22FNO.C16H23NO2.C15H20FNO2.C7H7ClO2S.BBr3.FH/c1-3-8-18-14-7-6-12-5-4-11(2)9-13(12)16(14)19-10-15(18)17;1-3-8-17-14-7-6-12-5-4-11(2)9-13(12)16(14)19-10-15(17)18;1-2-7-17-13-6-4-10-3-5-11(18)8-12(10)15(13)19-9-14(17)16;1-6-2-4-7(5-3-6)11(8,9)10;2-1(3)4;/h4-5,9,14-16H,3,6-8,10H2,1-2H3;4-5,9,14-16,18H,3,6-8,10H2,1-2H3;3,5,8,13-15,18H,2,4,6-7,9H2,1H3;2-5H,1H3;;1H/t2*14-,15?,16-;13-,14?,15-;;;/m111.../s1/i17-1;;16-1;;;1-1. The van der Waals surface area contributed by atoms with Crippen LogP contribution in [0, 0.1) is 20.8 Å². The number of nitrogens with zero attached hydrogens (tertiary/aromatic N) is 3. The fourth-order valence-electron chi connectivity index (χ4n) is 11.0. The maximum absolute atomic E-state index is 14.1. The number of aliphatic hydroxyl groups is 1. The zero-order chi connectivity index (χ0) is 52.3. The van der Waals surface area contributed by atoms with E-state index in [4.69, 9.17) is 24.9 Å². The lowest BCUT2D eigenvalue weighted by atomic mass is 9.83. The minimum Gasteiger partial charge on any atom is -0.508 e. The number of aryl methyl sites for hydroxylation is 6. The van der Waals surface area contributed by atoms with Gasteiger partial charge in [-0.3, -0.25) is 19.4 Å². The monoisotopic (exact) mass is 1240 g/mol. The molecule has 6 aliphatic rings. The van der Waals surface area contributed by atoms with Crippen molar-refractivity contribution in [2.75, 3.05) is 39.5 Å². The minimum atomic E-state index is -3.55. The van der Waals surface area contributed by atoms with Gasteiger partial charge in [-0.2, -0.15) is 0 Å². The van der Waals surface area contributed by atoms with Crippen molar-refractivity contribution in [3.05, 3.63) is 129 Å². The summed E-state index contributed by atoms with van der Waals surface area (Å²) in [6, 6.07) is 25.7. The number of ether oxygens (including phenoxy) is 3. The van der Waals surface area contributed by atoms with Crippen LogP contribution in [0.5, 0.6) is 5.75 Å². The average Bonchev–Trinajstić information content (AvgIpc) is 3.34. The Kier molecular flexibility index (Phi) is 24.6. The van der Waals surface area contributed by atoms with Gasteiger partial charge in [0.25, 0.3) is 9.05 Å². The van der Waals surface area contributed by atoms with E-state index in [0.29, 0.717) is 12.6 Å². The first-order valence-corrected chi connectivity index (χ1v) is 30.4. The third kappa shape index (κ3) is 16.5. The number of rotatable bonds is 7. The molecule has 10 rings (SSSR count). The molecule has 73 heavy (non-hydrogen) atoms. The molecule has 3 aliphatic carbocycles. The molecule has 2 N–H and O–H groups in total. The van der Waals surface area contributed by atoms with Crippen molar-refractivity contribution >= 4 is 70.2 Å². The van der Waals surface area contributed by atoms with Gasteiger partial charge in [0.05, 0.1) is 43.0 Å². The smallest absolute Gasteiger partial charge is 0.369 e. The molecule has 4 aromatic rings. The van der Waals surface area contributed by atoms with Crippen LogP contribution in [-0.4, -0.2) is 113 Å². The minimum absolute atomic E-state index is 0. The zero-order valence-corrected chi connectivity index (χ0v) is 49.1. The molecule has 3 heterocycles. The van der Waals surface area contributed by atoms with Crippen molar-refractivity contribution in [1.82, 2.24) is 14.7 Å². The number of phenols is 1. The van der Waals surface area contributed by atoms with Crippen molar-refractivity contribution in [1.29, 1.82) is 0 Å². The first-order valence-electron chi connectivity index (χ1n) is 25.4. The maximum atomic E-state index is 14.1. The Hall–Kier alpha value is -2.07. The number of benzene rings is 4. The van der Waals surface area contributed by atoms with Gasteiger partial charge in [-0.15, -0.1) is 47.3 Å². The van der Waals surface area contributed by atoms with Gasteiger partial charge in [0, 0.05) is 48.4 Å². The van der Waals surface area contributed by atoms with Crippen LogP contribution in [0.2, 0.25) is 0 Å². The second-order valence-electron chi connectivity index (χ2n) is 19.4. The largest absolute Gasteiger partial charge is 0.508 e. The van der Waals surface area contributed by atoms with Crippen molar-refractivity contribution < 1.29 is 46.3 Å².